The van der Waals surface area contributed by atoms with Crippen molar-refractivity contribution >= 4 is 19.8 Å². The van der Waals surface area contributed by atoms with E-state index in [1.807, 2.05) is 0 Å². The van der Waals surface area contributed by atoms with Crippen LogP contribution in [0.1, 0.15) is 213 Å². The van der Waals surface area contributed by atoms with Crippen molar-refractivity contribution in [3.8, 4) is 0 Å². The summed E-state index contributed by atoms with van der Waals surface area (Å²) in [5, 5.41) is 0. The van der Waals surface area contributed by atoms with Crippen LogP contribution in [0.4, 0.5) is 0 Å². The van der Waals surface area contributed by atoms with E-state index < -0.39 is 32.5 Å². The highest BCUT2D eigenvalue weighted by molar-refractivity contribution is 7.46. The van der Waals surface area contributed by atoms with Gasteiger partial charge >= 0.3 is 19.8 Å². The molecule has 9 heteroatoms. The lowest BCUT2D eigenvalue weighted by atomic mass is 10.0. The number of phosphoric acid groups is 1. The zero-order valence-electron chi connectivity index (χ0n) is 34.2. The summed E-state index contributed by atoms with van der Waals surface area (Å²) < 4.78 is 26.4. The lowest BCUT2D eigenvalue weighted by Crippen LogP contribution is -2.29. The number of carbonyl (C=O) groups is 2. The molecule has 0 aliphatic rings. The van der Waals surface area contributed by atoms with Gasteiger partial charge in [-0.05, 0) is 51.4 Å². The number of carbonyl (C=O) groups excluding carboxylic acids is 2. The largest absolute Gasteiger partial charge is 0.469 e. The van der Waals surface area contributed by atoms with Crippen LogP contribution in [-0.2, 0) is 28.2 Å². The quantitative estimate of drug-likeness (QED) is 0.0274. The predicted molar refractivity (Wildman–Crippen MR) is 221 cm³/mol. The molecule has 1 unspecified atom stereocenters. The van der Waals surface area contributed by atoms with E-state index in [-0.39, 0.29) is 19.4 Å². The molecule has 1 atom stereocenters. The highest BCUT2D eigenvalue weighted by Gasteiger charge is 2.22. The molecule has 8 nitrogen and oxygen atoms in total. The van der Waals surface area contributed by atoms with Gasteiger partial charge in [0.15, 0.2) is 6.10 Å². The summed E-state index contributed by atoms with van der Waals surface area (Å²) in [6, 6.07) is 0. The second-order valence-corrected chi connectivity index (χ2v) is 15.9. The number of hydrogen-bond acceptors (Lipinski definition) is 6. The maximum Gasteiger partial charge on any atom is 0.469 e. The van der Waals surface area contributed by atoms with E-state index in [0.717, 1.165) is 70.6 Å². The van der Waals surface area contributed by atoms with E-state index in [4.69, 9.17) is 19.3 Å². The molecular formula is C44H81O8P. The van der Waals surface area contributed by atoms with Crippen LogP contribution >= 0.6 is 7.82 Å². The van der Waals surface area contributed by atoms with Gasteiger partial charge in [0.25, 0.3) is 0 Å². The molecule has 0 rings (SSSR count). The average Bonchev–Trinajstić information content (AvgIpc) is 3.13. The first kappa shape index (κ1) is 51.3. The monoisotopic (exact) mass is 769 g/mol. The molecular weight excluding hydrogens is 687 g/mol. The number of unbranched alkanes of at least 4 members (excludes halogenated alkanes) is 24. The van der Waals surface area contributed by atoms with E-state index in [0.29, 0.717) is 6.42 Å². The summed E-state index contributed by atoms with van der Waals surface area (Å²) in [6.45, 7) is 3.67. The molecule has 0 aromatic heterocycles. The van der Waals surface area contributed by atoms with E-state index in [9.17, 15) is 14.2 Å². The van der Waals surface area contributed by atoms with Gasteiger partial charge in [0.1, 0.15) is 6.61 Å². The summed E-state index contributed by atoms with van der Waals surface area (Å²) in [6.07, 6.45) is 47.2. The minimum Gasteiger partial charge on any atom is -0.462 e. The van der Waals surface area contributed by atoms with Crippen LogP contribution in [0.5, 0.6) is 0 Å². The van der Waals surface area contributed by atoms with Crippen molar-refractivity contribution < 1.29 is 37.9 Å². The molecule has 0 heterocycles. The second-order valence-electron chi connectivity index (χ2n) is 14.7. The average molecular weight is 769 g/mol. The van der Waals surface area contributed by atoms with Gasteiger partial charge in [0.2, 0.25) is 0 Å². The summed E-state index contributed by atoms with van der Waals surface area (Å²) in [5.74, 6) is -0.892. The fourth-order valence-corrected chi connectivity index (χ4v) is 6.51. The van der Waals surface area contributed by atoms with Gasteiger partial charge in [-0.1, -0.05) is 185 Å². The Morgan fingerprint density at radius 1 is 0.491 bits per heavy atom. The smallest absolute Gasteiger partial charge is 0.462 e. The molecule has 0 bridgehead atoms. The molecule has 0 aromatic carbocycles. The van der Waals surface area contributed by atoms with Gasteiger partial charge < -0.3 is 19.3 Å². The van der Waals surface area contributed by atoms with E-state index in [1.54, 1.807) is 0 Å². The first-order valence-corrected chi connectivity index (χ1v) is 23.3. The number of allylic oxidation sites excluding steroid dienone is 6. The molecule has 0 fully saturated rings. The van der Waals surface area contributed by atoms with Crippen molar-refractivity contribution in [2.24, 2.45) is 0 Å². The van der Waals surface area contributed by atoms with Crippen LogP contribution in [0.2, 0.25) is 0 Å². The predicted octanol–water partition coefficient (Wildman–Crippen LogP) is 13.4. The van der Waals surface area contributed by atoms with Gasteiger partial charge in [-0.3, -0.25) is 14.1 Å². The Morgan fingerprint density at radius 3 is 1.30 bits per heavy atom. The van der Waals surface area contributed by atoms with E-state index >= 15 is 0 Å². The standard InChI is InChI=1S/C44H81O8P/c1-3-5-7-9-11-13-15-17-19-21-22-23-25-27-29-31-33-35-37-39-44(46)52-42(41-51-53(47,48)49)40-50-43(45)38-36-34-32-30-28-26-24-20-18-16-14-12-10-8-6-4-2/h11,13,17,19,22-23,42H,3-10,12,14-16,18,20-21,24-41H2,1-2H3,(H2,47,48,49)/b13-11-,19-17-,23-22-. The molecule has 0 amide bonds. The summed E-state index contributed by atoms with van der Waals surface area (Å²) in [4.78, 5) is 42.9. The minimum atomic E-state index is -4.76. The molecule has 0 saturated heterocycles. The molecule has 0 radical (unpaired) electrons. The van der Waals surface area contributed by atoms with Crippen LogP contribution < -0.4 is 0 Å². The van der Waals surface area contributed by atoms with Crippen molar-refractivity contribution in [3.63, 3.8) is 0 Å². The normalized spacial score (nSPS) is 12.8. The van der Waals surface area contributed by atoms with Gasteiger partial charge in [-0.15, -0.1) is 0 Å². The Hall–Kier alpha value is -1.73. The van der Waals surface area contributed by atoms with Crippen molar-refractivity contribution in [2.75, 3.05) is 13.2 Å². The molecule has 310 valence electrons. The van der Waals surface area contributed by atoms with Crippen LogP contribution in [-0.4, -0.2) is 41.0 Å². The van der Waals surface area contributed by atoms with E-state index in [1.165, 1.54) is 109 Å². The summed E-state index contributed by atoms with van der Waals surface area (Å²) in [7, 11) is -4.76. The molecule has 0 aliphatic heterocycles. The first-order valence-electron chi connectivity index (χ1n) is 21.8. The van der Waals surface area contributed by atoms with Crippen LogP contribution in [0.15, 0.2) is 36.5 Å². The zero-order valence-corrected chi connectivity index (χ0v) is 35.1. The summed E-state index contributed by atoms with van der Waals surface area (Å²) in [5.41, 5.74) is 0. The third-order valence-electron chi connectivity index (χ3n) is 9.41. The molecule has 2 N–H and O–H groups in total. The number of hydrogen-bond donors (Lipinski definition) is 2. The highest BCUT2D eigenvalue weighted by atomic mass is 31.2. The Morgan fingerprint density at radius 2 is 0.849 bits per heavy atom. The third-order valence-corrected chi connectivity index (χ3v) is 9.90. The van der Waals surface area contributed by atoms with E-state index in [2.05, 4.69) is 54.8 Å². The zero-order chi connectivity index (χ0) is 38.9. The Bertz CT molecular complexity index is 957. The number of esters is 2. The van der Waals surface area contributed by atoms with Gasteiger partial charge in [-0.2, -0.15) is 0 Å². The minimum absolute atomic E-state index is 0.199. The van der Waals surface area contributed by atoms with Crippen molar-refractivity contribution in [3.05, 3.63) is 36.5 Å². The third kappa shape index (κ3) is 42.9. The highest BCUT2D eigenvalue weighted by Crippen LogP contribution is 2.36. The van der Waals surface area contributed by atoms with Crippen LogP contribution in [0.3, 0.4) is 0 Å². The molecule has 0 spiro atoms. The summed E-state index contributed by atoms with van der Waals surface area (Å²) >= 11 is 0. The first-order chi connectivity index (χ1) is 25.8. The molecule has 0 aromatic rings. The van der Waals surface area contributed by atoms with Gasteiger partial charge in [0.05, 0.1) is 6.61 Å². The van der Waals surface area contributed by atoms with Crippen LogP contribution in [0, 0.1) is 0 Å². The fraction of sp³-hybridized carbons (Fsp3) is 0.818. The molecule has 53 heavy (non-hydrogen) atoms. The van der Waals surface area contributed by atoms with Gasteiger partial charge in [0, 0.05) is 12.8 Å². The van der Waals surface area contributed by atoms with Crippen LogP contribution in [0.25, 0.3) is 0 Å². The number of phosphoric ester groups is 1. The number of rotatable bonds is 40. The Labute approximate surface area is 325 Å². The van der Waals surface area contributed by atoms with Crippen molar-refractivity contribution in [2.45, 2.75) is 219 Å². The lowest BCUT2D eigenvalue weighted by Gasteiger charge is -2.18. The fourth-order valence-electron chi connectivity index (χ4n) is 6.15. The number of ether oxygens (including phenoxy) is 2. The molecule has 0 saturated carbocycles. The van der Waals surface area contributed by atoms with Crippen molar-refractivity contribution in [1.29, 1.82) is 0 Å². The van der Waals surface area contributed by atoms with Crippen molar-refractivity contribution in [1.82, 2.24) is 0 Å². The maximum atomic E-state index is 12.4. The SMILES string of the molecule is CCCCC/C=C\C/C=C\C/C=C\CCCCCCCCC(=O)OC(COC(=O)CCCCCCCCCCCCCCCCCC)COP(=O)(O)O. The topological polar surface area (TPSA) is 119 Å². The second kappa shape index (κ2) is 39.9. The maximum absolute atomic E-state index is 12.4. The lowest BCUT2D eigenvalue weighted by molar-refractivity contribution is -0.161. The van der Waals surface area contributed by atoms with Gasteiger partial charge in [-0.25, -0.2) is 4.57 Å². The Kier molecular flexibility index (Phi) is 38.6. The Balaban J connectivity index is 3.92. The molecule has 0 aliphatic carbocycles.